The topological polar surface area (TPSA) is 0 Å². The van der Waals surface area contributed by atoms with E-state index in [1.165, 1.54) is 35.8 Å². The third-order valence-corrected chi connectivity index (χ3v) is 5.39. The second-order valence-corrected chi connectivity index (χ2v) is 6.94. The van der Waals surface area contributed by atoms with Crippen molar-refractivity contribution in [3.05, 3.63) is 35.2 Å². The summed E-state index contributed by atoms with van der Waals surface area (Å²) in [6.07, 6.45) is 5.36. The van der Waals surface area contributed by atoms with Crippen molar-refractivity contribution in [2.75, 3.05) is 0 Å². The van der Waals surface area contributed by atoms with E-state index >= 15 is 0 Å². The molecule has 1 aliphatic carbocycles. The monoisotopic (exact) mass is 294 g/mol. The molecule has 3 rings (SSSR count). The van der Waals surface area contributed by atoms with Gasteiger partial charge in [-0.2, -0.15) is 0 Å². The lowest BCUT2D eigenvalue weighted by molar-refractivity contribution is 0.551. The van der Waals surface area contributed by atoms with E-state index in [0.29, 0.717) is 0 Å². The maximum Gasteiger partial charge on any atom is 0.0345 e. The predicted octanol–water partition coefficient (Wildman–Crippen LogP) is 5.01. The van der Waals surface area contributed by atoms with Crippen LogP contribution in [-0.4, -0.2) is 4.83 Å². The average Bonchev–Trinajstić information content (AvgIpc) is 2.87. The zero-order valence-corrected chi connectivity index (χ0v) is 11.6. The van der Waals surface area contributed by atoms with Crippen LogP contribution in [0.4, 0.5) is 0 Å². The molecule has 2 unspecified atom stereocenters. The van der Waals surface area contributed by atoms with Crippen molar-refractivity contribution in [1.82, 2.24) is 0 Å². The molecule has 0 spiro atoms. The van der Waals surface area contributed by atoms with Crippen molar-refractivity contribution in [2.45, 2.75) is 30.5 Å². The third-order valence-electron chi connectivity index (χ3n) is 3.55. The van der Waals surface area contributed by atoms with Gasteiger partial charge in [-0.05, 0) is 54.0 Å². The lowest BCUT2D eigenvalue weighted by atomic mass is 9.98. The highest BCUT2D eigenvalue weighted by molar-refractivity contribution is 9.09. The fourth-order valence-electron chi connectivity index (χ4n) is 2.70. The van der Waals surface area contributed by atoms with E-state index in [4.69, 9.17) is 0 Å². The molecule has 2 heteroatoms. The first-order valence-electron chi connectivity index (χ1n) is 5.92. The van der Waals surface area contributed by atoms with Crippen molar-refractivity contribution in [1.29, 1.82) is 0 Å². The molecule has 1 aliphatic rings. The third kappa shape index (κ3) is 2.05. The van der Waals surface area contributed by atoms with Gasteiger partial charge in [0.25, 0.3) is 0 Å². The van der Waals surface area contributed by atoms with Crippen LogP contribution in [-0.2, 0) is 6.42 Å². The molecule has 1 saturated carbocycles. The van der Waals surface area contributed by atoms with Gasteiger partial charge in [0.1, 0.15) is 0 Å². The highest BCUT2D eigenvalue weighted by atomic mass is 79.9. The summed E-state index contributed by atoms with van der Waals surface area (Å²) in [6.45, 7) is 0. The van der Waals surface area contributed by atoms with Crippen molar-refractivity contribution in [3.63, 3.8) is 0 Å². The maximum absolute atomic E-state index is 3.74. The van der Waals surface area contributed by atoms with Crippen LogP contribution in [0.1, 0.15) is 24.8 Å². The number of hydrogen-bond donors (Lipinski definition) is 0. The standard InChI is InChI=1S/C14H15BrS/c15-12-6-5-10(8-12)7-11-9-16-14-4-2-1-3-13(11)14/h1-4,9-10,12H,5-8H2. The summed E-state index contributed by atoms with van der Waals surface area (Å²) in [4.78, 5) is 0.766. The second kappa shape index (κ2) is 4.50. The Morgan fingerprint density at radius 2 is 2.12 bits per heavy atom. The molecule has 0 bridgehead atoms. The Morgan fingerprint density at radius 3 is 2.94 bits per heavy atom. The minimum Gasteiger partial charge on any atom is -0.144 e. The van der Waals surface area contributed by atoms with Gasteiger partial charge < -0.3 is 0 Å². The Morgan fingerprint density at radius 1 is 1.25 bits per heavy atom. The Balaban J connectivity index is 1.84. The first-order chi connectivity index (χ1) is 7.83. The zero-order valence-electron chi connectivity index (χ0n) is 9.16. The summed E-state index contributed by atoms with van der Waals surface area (Å²) < 4.78 is 1.44. The molecule has 2 atom stereocenters. The Kier molecular flexibility index (Phi) is 3.03. The minimum absolute atomic E-state index is 0.766. The summed E-state index contributed by atoms with van der Waals surface area (Å²) in [5.41, 5.74) is 1.56. The van der Waals surface area contributed by atoms with Gasteiger partial charge in [0.2, 0.25) is 0 Å². The van der Waals surface area contributed by atoms with Crippen LogP contribution in [0.25, 0.3) is 10.1 Å². The van der Waals surface area contributed by atoms with E-state index in [9.17, 15) is 0 Å². The number of rotatable bonds is 2. The Bertz CT molecular complexity index is 488. The molecular weight excluding hydrogens is 280 g/mol. The summed E-state index contributed by atoms with van der Waals surface area (Å²) >= 11 is 5.62. The van der Waals surface area contributed by atoms with Crippen molar-refractivity contribution in [3.8, 4) is 0 Å². The number of fused-ring (bicyclic) bond motifs is 1. The number of halogens is 1. The van der Waals surface area contributed by atoms with Gasteiger partial charge >= 0.3 is 0 Å². The predicted molar refractivity (Wildman–Crippen MR) is 75.6 cm³/mol. The van der Waals surface area contributed by atoms with E-state index in [1.807, 2.05) is 11.3 Å². The normalized spacial score (nSPS) is 25.3. The minimum atomic E-state index is 0.766. The van der Waals surface area contributed by atoms with Gasteiger partial charge in [0.05, 0.1) is 0 Å². The van der Waals surface area contributed by atoms with Gasteiger partial charge in [0.15, 0.2) is 0 Å². The smallest absolute Gasteiger partial charge is 0.0345 e. The molecule has 1 aromatic heterocycles. The SMILES string of the molecule is BrC1CCC(Cc2csc3ccccc23)C1. The van der Waals surface area contributed by atoms with Gasteiger partial charge in [-0.3, -0.25) is 0 Å². The molecule has 0 aliphatic heterocycles. The van der Waals surface area contributed by atoms with Crippen LogP contribution in [0.15, 0.2) is 29.6 Å². The molecule has 0 N–H and O–H groups in total. The summed E-state index contributed by atoms with van der Waals surface area (Å²) in [5, 5.41) is 3.83. The number of thiophene rings is 1. The highest BCUT2D eigenvalue weighted by Gasteiger charge is 2.23. The lowest BCUT2D eigenvalue weighted by Gasteiger charge is -2.07. The molecule has 1 aromatic carbocycles. The van der Waals surface area contributed by atoms with E-state index < -0.39 is 0 Å². The van der Waals surface area contributed by atoms with Gasteiger partial charge in [-0.15, -0.1) is 11.3 Å². The fraction of sp³-hybridized carbons (Fsp3) is 0.429. The molecule has 16 heavy (non-hydrogen) atoms. The van der Waals surface area contributed by atoms with Crippen LogP contribution in [0.2, 0.25) is 0 Å². The van der Waals surface area contributed by atoms with Gasteiger partial charge in [0, 0.05) is 9.53 Å². The van der Waals surface area contributed by atoms with Gasteiger partial charge in [-0.1, -0.05) is 34.1 Å². The number of benzene rings is 1. The summed E-state index contributed by atoms with van der Waals surface area (Å²) in [7, 11) is 0. The molecular formula is C14H15BrS. The van der Waals surface area contributed by atoms with E-state index in [-0.39, 0.29) is 0 Å². The van der Waals surface area contributed by atoms with Crippen molar-refractivity contribution in [2.24, 2.45) is 5.92 Å². The molecule has 2 aromatic rings. The van der Waals surface area contributed by atoms with Crippen LogP contribution < -0.4 is 0 Å². The number of hydrogen-bond acceptors (Lipinski definition) is 1. The average molecular weight is 295 g/mol. The fourth-order valence-corrected chi connectivity index (χ4v) is 4.47. The van der Waals surface area contributed by atoms with Crippen LogP contribution in [0.5, 0.6) is 0 Å². The quantitative estimate of drug-likeness (QED) is 0.683. The molecule has 1 heterocycles. The summed E-state index contributed by atoms with van der Waals surface area (Å²) in [6, 6.07) is 8.78. The number of alkyl halides is 1. The van der Waals surface area contributed by atoms with Gasteiger partial charge in [-0.25, -0.2) is 0 Å². The Labute approximate surface area is 109 Å². The first-order valence-corrected chi connectivity index (χ1v) is 7.71. The first kappa shape index (κ1) is 10.8. The van der Waals surface area contributed by atoms with Crippen molar-refractivity contribution >= 4 is 37.4 Å². The molecule has 0 nitrogen and oxygen atoms in total. The van der Waals surface area contributed by atoms with E-state index in [2.05, 4.69) is 45.6 Å². The van der Waals surface area contributed by atoms with Crippen molar-refractivity contribution < 1.29 is 0 Å². The van der Waals surface area contributed by atoms with Crippen LogP contribution in [0, 0.1) is 5.92 Å². The highest BCUT2D eigenvalue weighted by Crippen LogP contribution is 2.35. The molecule has 0 radical (unpaired) electrons. The molecule has 1 fully saturated rings. The second-order valence-electron chi connectivity index (χ2n) is 4.74. The van der Waals surface area contributed by atoms with E-state index in [1.54, 1.807) is 5.56 Å². The maximum atomic E-state index is 3.74. The van der Waals surface area contributed by atoms with Crippen LogP contribution >= 0.6 is 27.3 Å². The van der Waals surface area contributed by atoms with Crippen LogP contribution in [0.3, 0.4) is 0 Å². The van der Waals surface area contributed by atoms with E-state index in [0.717, 1.165) is 10.7 Å². The summed E-state index contributed by atoms with van der Waals surface area (Å²) in [5.74, 6) is 0.891. The largest absolute Gasteiger partial charge is 0.144 e. The lowest BCUT2D eigenvalue weighted by Crippen LogP contribution is -1.99. The zero-order chi connectivity index (χ0) is 11.0. The Hall–Kier alpha value is -0.340. The molecule has 84 valence electrons. The molecule has 0 amide bonds. The molecule has 0 saturated heterocycles.